The highest BCUT2D eigenvalue weighted by molar-refractivity contribution is 9.11. The molecule has 0 aliphatic rings. The van der Waals surface area contributed by atoms with Gasteiger partial charge in [-0.05, 0) is 18.2 Å². The predicted molar refractivity (Wildman–Crippen MR) is 76.6 cm³/mol. The lowest BCUT2D eigenvalue weighted by Gasteiger charge is -2.02. The van der Waals surface area contributed by atoms with E-state index in [0.29, 0.717) is 10.8 Å². The molecular weight excluding hydrogens is 383 g/mol. The number of rotatable bonds is 1. The number of nitrogens with zero attached hydrogens (tertiary/aromatic N) is 4. The fourth-order valence-electron chi connectivity index (χ4n) is 1.65. The van der Waals surface area contributed by atoms with Crippen LogP contribution < -0.4 is 0 Å². The summed E-state index contributed by atoms with van der Waals surface area (Å²) in [5.74, 6) is 0.719. The van der Waals surface area contributed by atoms with E-state index >= 15 is 0 Å². The van der Waals surface area contributed by atoms with Crippen LogP contribution in [0.4, 0.5) is 0 Å². The van der Waals surface area contributed by atoms with E-state index in [1.807, 2.05) is 18.2 Å². The van der Waals surface area contributed by atoms with Crippen LogP contribution in [-0.2, 0) is 0 Å². The molecule has 3 aromatic rings. The maximum Gasteiger partial charge on any atom is 0.169 e. The Hall–Kier alpha value is -0.980. The molecule has 18 heavy (non-hydrogen) atoms. The summed E-state index contributed by atoms with van der Waals surface area (Å²) in [5, 5.41) is 8.63. The smallest absolute Gasteiger partial charge is 0.169 e. The van der Waals surface area contributed by atoms with Gasteiger partial charge in [-0.25, -0.2) is 4.98 Å². The van der Waals surface area contributed by atoms with Gasteiger partial charge >= 0.3 is 0 Å². The van der Waals surface area contributed by atoms with Crippen LogP contribution in [-0.4, -0.2) is 19.6 Å². The second-order valence-electron chi connectivity index (χ2n) is 3.62. The molecular formula is C11H5Br2ClN4. The summed E-state index contributed by atoms with van der Waals surface area (Å²) in [4.78, 5) is 4.04. The van der Waals surface area contributed by atoms with Crippen molar-refractivity contribution >= 4 is 49.1 Å². The lowest BCUT2D eigenvalue weighted by Crippen LogP contribution is -1.91. The van der Waals surface area contributed by atoms with Gasteiger partial charge in [0, 0.05) is 20.6 Å². The van der Waals surface area contributed by atoms with E-state index in [0.717, 1.165) is 20.3 Å². The third-order valence-electron chi connectivity index (χ3n) is 2.39. The first-order valence-electron chi connectivity index (χ1n) is 4.96. The first-order chi connectivity index (χ1) is 8.63. The van der Waals surface area contributed by atoms with Crippen molar-refractivity contribution in [1.82, 2.24) is 19.6 Å². The molecule has 2 aromatic heterocycles. The van der Waals surface area contributed by atoms with Gasteiger partial charge in [0.05, 0.1) is 0 Å². The molecule has 90 valence electrons. The highest BCUT2D eigenvalue weighted by atomic mass is 79.9. The quantitative estimate of drug-likeness (QED) is 0.593. The Balaban J connectivity index is 2.25. The van der Waals surface area contributed by atoms with E-state index in [1.54, 1.807) is 16.8 Å². The van der Waals surface area contributed by atoms with Crippen LogP contribution >= 0.6 is 43.5 Å². The number of hydrogen-bond acceptors (Lipinski definition) is 3. The van der Waals surface area contributed by atoms with Crippen molar-refractivity contribution in [2.75, 3.05) is 0 Å². The number of benzene rings is 1. The number of fused-ring (bicyclic) bond motifs is 1. The van der Waals surface area contributed by atoms with Crippen molar-refractivity contribution in [2.24, 2.45) is 0 Å². The van der Waals surface area contributed by atoms with Crippen molar-refractivity contribution in [3.05, 3.63) is 44.7 Å². The van der Waals surface area contributed by atoms with E-state index in [1.165, 1.54) is 0 Å². The van der Waals surface area contributed by atoms with Crippen molar-refractivity contribution in [3.63, 3.8) is 0 Å². The van der Waals surface area contributed by atoms with Gasteiger partial charge < -0.3 is 0 Å². The normalized spacial score (nSPS) is 11.1. The standard InChI is InChI=1S/C11H5Br2ClN4/c12-7-1-6(2-8(13)3-7)11-17-16-10-4-9(14)15-5-18(10)11/h1-5H. The molecule has 4 nitrogen and oxygen atoms in total. The number of hydrogen-bond donors (Lipinski definition) is 0. The van der Waals surface area contributed by atoms with Gasteiger partial charge in [0.2, 0.25) is 0 Å². The molecule has 0 spiro atoms. The largest absolute Gasteiger partial charge is 0.265 e. The minimum absolute atomic E-state index is 0.400. The minimum Gasteiger partial charge on any atom is -0.265 e. The Kier molecular flexibility index (Phi) is 3.09. The second kappa shape index (κ2) is 4.60. The van der Waals surface area contributed by atoms with Gasteiger partial charge in [-0.1, -0.05) is 43.5 Å². The molecule has 2 heterocycles. The van der Waals surface area contributed by atoms with Crippen LogP contribution in [0.2, 0.25) is 5.15 Å². The summed E-state index contributed by atoms with van der Waals surface area (Å²) in [6.45, 7) is 0. The zero-order chi connectivity index (χ0) is 12.7. The maximum absolute atomic E-state index is 5.82. The van der Waals surface area contributed by atoms with Crippen LogP contribution in [0.25, 0.3) is 17.0 Å². The molecule has 1 aromatic carbocycles. The van der Waals surface area contributed by atoms with Crippen molar-refractivity contribution in [1.29, 1.82) is 0 Å². The topological polar surface area (TPSA) is 43.1 Å². The Labute approximate surface area is 124 Å². The van der Waals surface area contributed by atoms with Gasteiger partial charge in [-0.15, -0.1) is 10.2 Å². The minimum atomic E-state index is 0.400. The number of halogens is 3. The van der Waals surface area contributed by atoms with E-state index in [9.17, 15) is 0 Å². The predicted octanol–water partition coefficient (Wildman–Crippen LogP) is 3.97. The van der Waals surface area contributed by atoms with Gasteiger partial charge in [-0.3, -0.25) is 4.40 Å². The van der Waals surface area contributed by atoms with Crippen molar-refractivity contribution in [3.8, 4) is 11.4 Å². The van der Waals surface area contributed by atoms with Gasteiger partial charge in [0.25, 0.3) is 0 Å². The van der Waals surface area contributed by atoms with Crippen LogP contribution in [0, 0.1) is 0 Å². The summed E-state index contributed by atoms with van der Waals surface area (Å²) in [6, 6.07) is 7.57. The molecule has 3 rings (SSSR count). The number of aromatic nitrogens is 4. The second-order valence-corrected chi connectivity index (χ2v) is 5.84. The summed E-state index contributed by atoms with van der Waals surface area (Å²) < 4.78 is 3.72. The van der Waals surface area contributed by atoms with Gasteiger partial charge in [-0.2, -0.15) is 0 Å². The fraction of sp³-hybridized carbons (Fsp3) is 0. The summed E-state index contributed by atoms with van der Waals surface area (Å²) in [6.07, 6.45) is 1.61. The maximum atomic E-state index is 5.82. The van der Waals surface area contributed by atoms with E-state index < -0.39 is 0 Å². The SMILES string of the molecule is Clc1cc2nnc(-c3cc(Br)cc(Br)c3)n2cn1. The highest BCUT2D eigenvalue weighted by Crippen LogP contribution is 2.27. The molecule has 0 atom stereocenters. The Bertz CT molecular complexity index is 721. The molecule has 0 bridgehead atoms. The van der Waals surface area contributed by atoms with Crippen molar-refractivity contribution in [2.45, 2.75) is 0 Å². The molecule has 0 amide bonds. The molecule has 7 heteroatoms. The third kappa shape index (κ3) is 2.15. The Morgan fingerprint density at radius 2 is 1.72 bits per heavy atom. The third-order valence-corrected chi connectivity index (χ3v) is 3.51. The van der Waals surface area contributed by atoms with Gasteiger partial charge in [0.1, 0.15) is 11.5 Å². The zero-order valence-electron chi connectivity index (χ0n) is 8.81. The molecule has 0 aliphatic carbocycles. The van der Waals surface area contributed by atoms with Crippen LogP contribution in [0.5, 0.6) is 0 Å². The van der Waals surface area contributed by atoms with Gasteiger partial charge in [0.15, 0.2) is 11.5 Å². The van der Waals surface area contributed by atoms with Crippen molar-refractivity contribution < 1.29 is 0 Å². The Morgan fingerprint density at radius 3 is 2.44 bits per heavy atom. The summed E-state index contributed by atoms with van der Waals surface area (Å²) in [5.41, 5.74) is 1.61. The molecule has 0 N–H and O–H groups in total. The monoisotopic (exact) mass is 386 g/mol. The van der Waals surface area contributed by atoms with Crippen LogP contribution in [0.3, 0.4) is 0 Å². The average molecular weight is 388 g/mol. The summed E-state index contributed by atoms with van der Waals surface area (Å²) >= 11 is 12.7. The fourth-order valence-corrected chi connectivity index (χ4v) is 3.09. The molecule has 0 unspecified atom stereocenters. The van der Waals surface area contributed by atoms with E-state index in [4.69, 9.17) is 11.6 Å². The highest BCUT2D eigenvalue weighted by Gasteiger charge is 2.10. The lowest BCUT2D eigenvalue weighted by molar-refractivity contribution is 1.08. The average Bonchev–Trinajstić information content (AvgIpc) is 2.70. The molecule has 0 saturated heterocycles. The first kappa shape index (κ1) is 12.1. The zero-order valence-corrected chi connectivity index (χ0v) is 12.7. The van der Waals surface area contributed by atoms with Crippen LogP contribution in [0.15, 0.2) is 39.5 Å². The van der Waals surface area contributed by atoms with Crippen LogP contribution in [0.1, 0.15) is 0 Å². The van der Waals surface area contributed by atoms with E-state index in [-0.39, 0.29) is 0 Å². The van der Waals surface area contributed by atoms with E-state index in [2.05, 4.69) is 47.0 Å². The molecule has 0 aliphatic heterocycles. The lowest BCUT2D eigenvalue weighted by atomic mass is 10.2. The Morgan fingerprint density at radius 1 is 1.00 bits per heavy atom. The first-order valence-corrected chi connectivity index (χ1v) is 6.92. The summed E-state index contributed by atoms with van der Waals surface area (Å²) in [7, 11) is 0. The molecule has 0 fully saturated rings. The molecule has 0 radical (unpaired) electrons. The molecule has 0 saturated carbocycles.